The molecule has 0 spiro atoms. The highest BCUT2D eigenvalue weighted by Crippen LogP contribution is 2.30. The third-order valence-electron chi connectivity index (χ3n) is 4.21. The Balaban J connectivity index is 2.26. The summed E-state index contributed by atoms with van der Waals surface area (Å²) in [6, 6.07) is 1.38. The molecule has 2 heteroatoms. The highest BCUT2D eigenvalue weighted by atomic mass is 15.2. The fourth-order valence-corrected chi connectivity index (χ4v) is 2.70. The molecule has 2 unspecified atom stereocenters. The minimum Gasteiger partial charge on any atom is -0.314 e. The first-order valence-corrected chi connectivity index (χ1v) is 7.42. The molecular weight excluding hydrogens is 208 g/mol. The molecule has 1 aliphatic rings. The molecular formula is C15H32N2. The molecule has 17 heavy (non-hydrogen) atoms. The van der Waals surface area contributed by atoms with Crippen molar-refractivity contribution in [3.05, 3.63) is 0 Å². The normalized spacial score (nSPS) is 24.5. The summed E-state index contributed by atoms with van der Waals surface area (Å²) in [4.78, 5) is 2.68. The fraction of sp³-hybridized carbons (Fsp3) is 1.00. The van der Waals surface area contributed by atoms with Crippen LogP contribution in [0.3, 0.4) is 0 Å². The lowest BCUT2D eigenvalue weighted by atomic mass is 9.82. The second-order valence-electron chi connectivity index (χ2n) is 6.64. The SMILES string of the molecule is CCCNC(C)CC(C)N1CCC(C)(C)CC1. The van der Waals surface area contributed by atoms with Gasteiger partial charge in [0, 0.05) is 12.1 Å². The second kappa shape index (κ2) is 6.75. The maximum atomic E-state index is 3.59. The van der Waals surface area contributed by atoms with E-state index in [1.54, 1.807) is 0 Å². The Bertz CT molecular complexity index is 203. The molecule has 0 aromatic rings. The van der Waals surface area contributed by atoms with E-state index in [9.17, 15) is 0 Å². The molecule has 1 aliphatic heterocycles. The maximum absolute atomic E-state index is 3.59. The quantitative estimate of drug-likeness (QED) is 0.766. The molecule has 1 fully saturated rings. The summed E-state index contributed by atoms with van der Waals surface area (Å²) >= 11 is 0. The summed E-state index contributed by atoms with van der Waals surface area (Å²) in [5, 5.41) is 3.59. The van der Waals surface area contributed by atoms with Crippen molar-refractivity contribution in [3.63, 3.8) is 0 Å². The first-order valence-electron chi connectivity index (χ1n) is 7.42. The topological polar surface area (TPSA) is 15.3 Å². The molecule has 1 rings (SSSR count). The molecule has 0 aromatic carbocycles. The predicted octanol–water partition coefficient (Wildman–Crippen LogP) is 3.28. The predicted molar refractivity (Wildman–Crippen MR) is 76.4 cm³/mol. The fourth-order valence-electron chi connectivity index (χ4n) is 2.70. The van der Waals surface area contributed by atoms with Gasteiger partial charge in [-0.2, -0.15) is 0 Å². The van der Waals surface area contributed by atoms with E-state index in [0.717, 1.165) is 12.6 Å². The van der Waals surface area contributed by atoms with Crippen LogP contribution in [0, 0.1) is 5.41 Å². The van der Waals surface area contributed by atoms with Crippen LogP contribution in [0.5, 0.6) is 0 Å². The molecule has 1 N–H and O–H groups in total. The lowest BCUT2D eigenvalue weighted by Gasteiger charge is -2.40. The largest absolute Gasteiger partial charge is 0.314 e. The zero-order valence-corrected chi connectivity index (χ0v) is 12.6. The van der Waals surface area contributed by atoms with Crippen molar-refractivity contribution in [1.82, 2.24) is 10.2 Å². The van der Waals surface area contributed by atoms with Gasteiger partial charge in [-0.15, -0.1) is 0 Å². The van der Waals surface area contributed by atoms with Gasteiger partial charge in [-0.1, -0.05) is 20.8 Å². The number of likely N-dealkylation sites (tertiary alicyclic amines) is 1. The van der Waals surface area contributed by atoms with Gasteiger partial charge in [0.2, 0.25) is 0 Å². The van der Waals surface area contributed by atoms with E-state index >= 15 is 0 Å². The first kappa shape index (κ1) is 15.0. The average molecular weight is 240 g/mol. The molecule has 1 heterocycles. The van der Waals surface area contributed by atoms with E-state index in [2.05, 4.69) is 44.8 Å². The van der Waals surface area contributed by atoms with E-state index in [0.29, 0.717) is 11.5 Å². The van der Waals surface area contributed by atoms with Gasteiger partial charge >= 0.3 is 0 Å². The average Bonchev–Trinajstić information content (AvgIpc) is 2.26. The molecule has 0 bridgehead atoms. The number of nitrogens with one attached hydrogen (secondary N) is 1. The van der Waals surface area contributed by atoms with Gasteiger partial charge in [-0.3, -0.25) is 0 Å². The van der Waals surface area contributed by atoms with Crippen molar-refractivity contribution >= 4 is 0 Å². The summed E-state index contributed by atoms with van der Waals surface area (Å²) in [5.41, 5.74) is 0.572. The van der Waals surface area contributed by atoms with Gasteiger partial charge in [0.25, 0.3) is 0 Å². The molecule has 0 amide bonds. The molecule has 0 saturated carbocycles. The van der Waals surface area contributed by atoms with Gasteiger partial charge in [0.1, 0.15) is 0 Å². The minimum absolute atomic E-state index is 0.572. The van der Waals surface area contributed by atoms with Crippen LogP contribution in [-0.4, -0.2) is 36.6 Å². The molecule has 102 valence electrons. The Morgan fingerprint density at radius 2 is 1.76 bits per heavy atom. The van der Waals surface area contributed by atoms with E-state index in [-0.39, 0.29) is 0 Å². The highest BCUT2D eigenvalue weighted by Gasteiger charge is 2.27. The summed E-state index contributed by atoms with van der Waals surface area (Å²) in [7, 11) is 0. The molecule has 0 radical (unpaired) electrons. The second-order valence-corrected chi connectivity index (χ2v) is 6.64. The first-order chi connectivity index (χ1) is 7.94. The minimum atomic E-state index is 0.572. The van der Waals surface area contributed by atoms with Crippen molar-refractivity contribution in [3.8, 4) is 0 Å². The summed E-state index contributed by atoms with van der Waals surface area (Å²) in [6.07, 6.45) is 5.22. The van der Waals surface area contributed by atoms with Gasteiger partial charge in [0.15, 0.2) is 0 Å². The van der Waals surface area contributed by atoms with Crippen molar-refractivity contribution in [1.29, 1.82) is 0 Å². The van der Waals surface area contributed by atoms with E-state index < -0.39 is 0 Å². The summed E-state index contributed by atoms with van der Waals surface area (Å²) in [5.74, 6) is 0. The van der Waals surface area contributed by atoms with Gasteiger partial charge in [-0.05, 0) is 64.6 Å². The zero-order valence-electron chi connectivity index (χ0n) is 12.6. The highest BCUT2D eigenvalue weighted by molar-refractivity contribution is 4.82. The Kier molecular flexibility index (Phi) is 5.94. The number of nitrogens with zero attached hydrogens (tertiary/aromatic N) is 1. The lowest BCUT2D eigenvalue weighted by Crippen LogP contribution is -2.44. The van der Waals surface area contributed by atoms with Crippen LogP contribution in [0.4, 0.5) is 0 Å². The van der Waals surface area contributed by atoms with Crippen molar-refractivity contribution in [2.75, 3.05) is 19.6 Å². The lowest BCUT2D eigenvalue weighted by molar-refractivity contribution is 0.0929. The molecule has 0 aromatic heterocycles. The smallest absolute Gasteiger partial charge is 0.00816 e. The van der Waals surface area contributed by atoms with E-state index in [1.807, 2.05) is 0 Å². The Labute approximate surface area is 108 Å². The summed E-state index contributed by atoms with van der Waals surface area (Å²) < 4.78 is 0. The third kappa shape index (κ3) is 5.39. The van der Waals surface area contributed by atoms with Crippen molar-refractivity contribution in [2.45, 2.75) is 72.4 Å². The third-order valence-corrected chi connectivity index (χ3v) is 4.21. The van der Waals surface area contributed by atoms with Crippen LogP contribution in [0.1, 0.15) is 60.3 Å². The number of piperidine rings is 1. The van der Waals surface area contributed by atoms with Crippen LogP contribution in [0.2, 0.25) is 0 Å². The number of hydrogen-bond donors (Lipinski definition) is 1. The summed E-state index contributed by atoms with van der Waals surface area (Å²) in [6.45, 7) is 15.5. The molecule has 2 nitrogen and oxygen atoms in total. The number of rotatable bonds is 6. The molecule has 0 aliphatic carbocycles. The van der Waals surface area contributed by atoms with Crippen molar-refractivity contribution < 1.29 is 0 Å². The Hall–Kier alpha value is -0.0800. The van der Waals surface area contributed by atoms with Crippen LogP contribution in [0.15, 0.2) is 0 Å². The van der Waals surface area contributed by atoms with Crippen molar-refractivity contribution in [2.24, 2.45) is 5.41 Å². The number of hydrogen-bond acceptors (Lipinski definition) is 2. The van der Waals surface area contributed by atoms with E-state index in [1.165, 1.54) is 38.8 Å². The molecule has 1 saturated heterocycles. The standard InChI is InChI=1S/C15H32N2/c1-6-9-16-13(2)12-14(3)17-10-7-15(4,5)8-11-17/h13-14,16H,6-12H2,1-5H3. The van der Waals surface area contributed by atoms with Gasteiger partial charge in [-0.25, -0.2) is 0 Å². The Morgan fingerprint density at radius 1 is 1.18 bits per heavy atom. The van der Waals surface area contributed by atoms with Crippen LogP contribution in [0.25, 0.3) is 0 Å². The van der Waals surface area contributed by atoms with Crippen LogP contribution >= 0.6 is 0 Å². The van der Waals surface area contributed by atoms with Crippen LogP contribution < -0.4 is 5.32 Å². The molecule has 2 atom stereocenters. The van der Waals surface area contributed by atoms with Crippen LogP contribution in [-0.2, 0) is 0 Å². The Morgan fingerprint density at radius 3 is 2.29 bits per heavy atom. The monoisotopic (exact) mass is 240 g/mol. The van der Waals surface area contributed by atoms with Gasteiger partial charge in [0.05, 0.1) is 0 Å². The van der Waals surface area contributed by atoms with Gasteiger partial charge < -0.3 is 10.2 Å². The van der Waals surface area contributed by atoms with E-state index in [4.69, 9.17) is 0 Å². The maximum Gasteiger partial charge on any atom is 0.00816 e. The zero-order chi connectivity index (χ0) is 12.9.